The van der Waals surface area contributed by atoms with Crippen molar-refractivity contribution in [3.8, 4) is 0 Å². The predicted molar refractivity (Wildman–Crippen MR) is 57.0 cm³/mol. The van der Waals surface area contributed by atoms with E-state index in [0.717, 1.165) is 0 Å². The fourth-order valence-electron chi connectivity index (χ4n) is 1.68. The van der Waals surface area contributed by atoms with E-state index in [4.69, 9.17) is 20.1 Å². The van der Waals surface area contributed by atoms with Crippen LogP contribution in [0, 0.1) is 11.8 Å². The van der Waals surface area contributed by atoms with Gasteiger partial charge in [-0.15, -0.1) is 0 Å². The van der Waals surface area contributed by atoms with E-state index in [1.165, 1.54) is 6.08 Å². The Hall–Kier alpha value is -1.40. The van der Waals surface area contributed by atoms with Crippen molar-refractivity contribution in [1.29, 1.82) is 0 Å². The zero-order valence-corrected chi connectivity index (χ0v) is 9.28. The van der Waals surface area contributed by atoms with E-state index >= 15 is 0 Å². The van der Waals surface area contributed by atoms with Gasteiger partial charge in [-0.25, -0.2) is 0 Å². The molecule has 0 aromatic heterocycles. The molecule has 0 aromatic rings. The van der Waals surface area contributed by atoms with E-state index in [1.807, 2.05) is 0 Å². The highest BCUT2D eigenvalue weighted by Gasteiger charge is 2.34. The van der Waals surface area contributed by atoms with Crippen LogP contribution >= 0.6 is 0 Å². The standard InChI is InChI=1S/C11H16O6/c12-5-7(13)6-17-11(16)9-4-2-1-3-8(9)10(14)15/h2,4,7-9,12-13H,1,3,5-6H2,(H,14,15). The number of hydrogen-bond donors (Lipinski definition) is 3. The second-order valence-corrected chi connectivity index (χ2v) is 3.94. The first-order valence-corrected chi connectivity index (χ1v) is 5.41. The number of aliphatic hydroxyl groups excluding tert-OH is 2. The van der Waals surface area contributed by atoms with Crippen molar-refractivity contribution in [1.82, 2.24) is 0 Å². The number of hydrogen-bond acceptors (Lipinski definition) is 5. The molecule has 0 spiro atoms. The molecule has 6 heteroatoms. The summed E-state index contributed by atoms with van der Waals surface area (Å²) in [5.74, 6) is -3.30. The molecule has 1 rings (SSSR count). The fourth-order valence-corrected chi connectivity index (χ4v) is 1.68. The topological polar surface area (TPSA) is 104 Å². The summed E-state index contributed by atoms with van der Waals surface area (Å²) < 4.78 is 4.75. The van der Waals surface area contributed by atoms with Crippen LogP contribution in [-0.2, 0) is 14.3 Å². The molecule has 3 unspecified atom stereocenters. The van der Waals surface area contributed by atoms with E-state index in [0.29, 0.717) is 12.8 Å². The summed E-state index contributed by atoms with van der Waals surface area (Å²) >= 11 is 0. The van der Waals surface area contributed by atoms with Crippen LogP contribution in [-0.4, -0.2) is 46.6 Å². The van der Waals surface area contributed by atoms with Crippen LogP contribution < -0.4 is 0 Å². The summed E-state index contributed by atoms with van der Waals surface area (Å²) in [7, 11) is 0. The van der Waals surface area contributed by atoms with Gasteiger partial charge in [0.1, 0.15) is 12.7 Å². The second kappa shape index (κ2) is 6.36. The third-order valence-electron chi connectivity index (χ3n) is 2.64. The molecule has 0 heterocycles. The van der Waals surface area contributed by atoms with Crippen LogP contribution in [0.3, 0.4) is 0 Å². The second-order valence-electron chi connectivity index (χ2n) is 3.94. The minimum absolute atomic E-state index is 0.327. The Morgan fingerprint density at radius 1 is 1.47 bits per heavy atom. The lowest BCUT2D eigenvalue weighted by atomic mass is 9.84. The number of carbonyl (C=O) groups is 2. The number of carboxylic acids is 1. The molecule has 0 radical (unpaired) electrons. The molecule has 1 aliphatic carbocycles. The largest absolute Gasteiger partial charge is 0.481 e. The van der Waals surface area contributed by atoms with Crippen LogP contribution in [0.2, 0.25) is 0 Å². The number of esters is 1. The monoisotopic (exact) mass is 244 g/mol. The van der Waals surface area contributed by atoms with Crippen molar-refractivity contribution < 1.29 is 29.6 Å². The van der Waals surface area contributed by atoms with Gasteiger partial charge in [-0.3, -0.25) is 9.59 Å². The van der Waals surface area contributed by atoms with Gasteiger partial charge in [0.15, 0.2) is 0 Å². The maximum atomic E-state index is 11.6. The highest BCUT2D eigenvalue weighted by molar-refractivity contribution is 5.83. The Labute approximate surface area is 98.5 Å². The normalized spacial score (nSPS) is 25.3. The van der Waals surface area contributed by atoms with Gasteiger partial charge in [0.05, 0.1) is 18.4 Å². The van der Waals surface area contributed by atoms with Gasteiger partial charge in [0.25, 0.3) is 0 Å². The molecule has 3 atom stereocenters. The van der Waals surface area contributed by atoms with Crippen LogP contribution in [0.25, 0.3) is 0 Å². The van der Waals surface area contributed by atoms with Gasteiger partial charge in [-0.05, 0) is 12.8 Å². The first kappa shape index (κ1) is 13.7. The quantitative estimate of drug-likeness (QED) is 0.447. The number of allylic oxidation sites excluding steroid dienone is 1. The van der Waals surface area contributed by atoms with Gasteiger partial charge in [-0.1, -0.05) is 12.2 Å². The summed E-state index contributed by atoms with van der Waals surface area (Å²) in [5, 5.41) is 26.5. The van der Waals surface area contributed by atoms with Gasteiger partial charge in [0.2, 0.25) is 0 Å². The van der Waals surface area contributed by atoms with Crippen molar-refractivity contribution in [3.05, 3.63) is 12.2 Å². The summed E-state index contributed by atoms with van der Waals surface area (Å²) in [6, 6.07) is 0. The van der Waals surface area contributed by atoms with Crippen LogP contribution in [0.4, 0.5) is 0 Å². The highest BCUT2D eigenvalue weighted by Crippen LogP contribution is 2.26. The Balaban J connectivity index is 2.56. The Kier molecular flexibility index (Phi) is 5.11. The van der Waals surface area contributed by atoms with E-state index in [-0.39, 0.29) is 6.61 Å². The molecule has 3 N–H and O–H groups in total. The van der Waals surface area contributed by atoms with E-state index < -0.39 is 36.5 Å². The Morgan fingerprint density at radius 3 is 2.76 bits per heavy atom. The van der Waals surface area contributed by atoms with E-state index in [9.17, 15) is 9.59 Å². The number of rotatable bonds is 5. The lowest BCUT2D eigenvalue weighted by Crippen LogP contribution is -2.33. The molecule has 0 amide bonds. The SMILES string of the molecule is O=C(OCC(O)CO)C1C=CCCC1C(=O)O. The number of carbonyl (C=O) groups excluding carboxylic acids is 1. The lowest BCUT2D eigenvalue weighted by Gasteiger charge is -2.22. The zero-order chi connectivity index (χ0) is 12.8. The summed E-state index contributed by atoms with van der Waals surface area (Å²) in [6.07, 6.45) is 3.16. The fraction of sp³-hybridized carbons (Fsp3) is 0.636. The lowest BCUT2D eigenvalue weighted by molar-refractivity contribution is -0.158. The van der Waals surface area contributed by atoms with Crippen molar-refractivity contribution in [2.45, 2.75) is 18.9 Å². The molecular formula is C11H16O6. The third-order valence-corrected chi connectivity index (χ3v) is 2.64. The van der Waals surface area contributed by atoms with Crippen molar-refractivity contribution in [2.75, 3.05) is 13.2 Å². The highest BCUT2D eigenvalue weighted by atomic mass is 16.5. The van der Waals surface area contributed by atoms with Crippen molar-refractivity contribution in [2.24, 2.45) is 11.8 Å². The molecule has 0 aliphatic heterocycles. The number of aliphatic carboxylic acids is 1. The van der Waals surface area contributed by atoms with Crippen molar-refractivity contribution >= 4 is 11.9 Å². The Morgan fingerprint density at radius 2 is 2.18 bits per heavy atom. The summed E-state index contributed by atoms with van der Waals surface area (Å²) in [6.45, 7) is -0.831. The molecule has 17 heavy (non-hydrogen) atoms. The molecule has 0 saturated heterocycles. The van der Waals surface area contributed by atoms with Gasteiger partial charge in [0, 0.05) is 0 Å². The van der Waals surface area contributed by atoms with E-state index in [1.54, 1.807) is 6.08 Å². The maximum absolute atomic E-state index is 11.6. The van der Waals surface area contributed by atoms with Gasteiger partial charge in [-0.2, -0.15) is 0 Å². The van der Waals surface area contributed by atoms with Gasteiger partial charge >= 0.3 is 11.9 Å². The number of aliphatic hydroxyl groups is 2. The number of ether oxygens (including phenoxy) is 1. The number of carboxylic acid groups (broad SMARTS) is 1. The molecule has 6 nitrogen and oxygen atoms in total. The average Bonchev–Trinajstić information content (AvgIpc) is 2.35. The summed E-state index contributed by atoms with van der Waals surface area (Å²) in [4.78, 5) is 22.5. The molecule has 0 bridgehead atoms. The minimum atomic E-state index is -1.13. The van der Waals surface area contributed by atoms with Gasteiger partial charge < -0.3 is 20.1 Å². The minimum Gasteiger partial charge on any atom is -0.481 e. The molecule has 0 fully saturated rings. The zero-order valence-electron chi connectivity index (χ0n) is 9.28. The molecule has 0 saturated carbocycles. The van der Waals surface area contributed by atoms with Crippen LogP contribution in [0.5, 0.6) is 0 Å². The third kappa shape index (κ3) is 3.83. The first-order valence-electron chi connectivity index (χ1n) is 5.41. The van der Waals surface area contributed by atoms with E-state index in [2.05, 4.69) is 0 Å². The smallest absolute Gasteiger partial charge is 0.313 e. The Bertz CT molecular complexity index is 311. The van der Waals surface area contributed by atoms with Crippen LogP contribution in [0.1, 0.15) is 12.8 Å². The predicted octanol–water partition coefficient (Wildman–Crippen LogP) is -0.450. The van der Waals surface area contributed by atoms with Crippen LogP contribution in [0.15, 0.2) is 12.2 Å². The molecule has 96 valence electrons. The molecule has 0 aromatic carbocycles. The van der Waals surface area contributed by atoms with Crippen molar-refractivity contribution in [3.63, 3.8) is 0 Å². The average molecular weight is 244 g/mol. The first-order chi connectivity index (χ1) is 8.06. The molecular weight excluding hydrogens is 228 g/mol. The molecule has 1 aliphatic rings. The maximum Gasteiger partial charge on any atom is 0.313 e. The summed E-state index contributed by atoms with van der Waals surface area (Å²) in [5.41, 5.74) is 0.